The Kier molecular flexibility index (Phi) is 5.57. The predicted molar refractivity (Wildman–Crippen MR) is 106 cm³/mol. The lowest BCUT2D eigenvalue weighted by Gasteiger charge is -2.11. The van der Waals surface area contributed by atoms with Crippen molar-refractivity contribution in [1.82, 2.24) is 9.38 Å². The molecule has 0 saturated carbocycles. The maximum absolute atomic E-state index is 12.3. The Morgan fingerprint density at radius 2 is 2.07 bits per heavy atom. The van der Waals surface area contributed by atoms with Crippen molar-refractivity contribution in [3.63, 3.8) is 0 Å². The average Bonchev–Trinajstić information content (AvgIpc) is 3.24. The number of aryl methyl sites for hydroxylation is 1. The first-order valence-electron chi connectivity index (χ1n) is 9.60. The number of hydrogen-bond acceptors (Lipinski definition) is 6. The van der Waals surface area contributed by atoms with Crippen molar-refractivity contribution in [2.24, 2.45) is 0 Å². The summed E-state index contributed by atoms with van der Waals surface area (Å²) in [5, 5.41) is 0. The summed E-state index contributed by atoms with van der Waals surface area (Å²) in [5.74, 6) is 0.193. The Morgan fingerprint density at radius 3 is 2.83 bits per heavy atom. The summed E-state index contributed by atoms with van der Waals surface area (Å²) in [4.78, 5) is 29.0. The number of pyridine rings is 1. The van der Waals surface area contributed by atoms with E-state index in [1.807, 2.05) is 19.1 Å². The lowest BCUT2D eigenvalue weighted by Crippen LogP contribution is -2.18. The van der Waals surface area contributed by atoms with E-state index in [4.69, 9.17) is 14.2 Å². The summed E-state index contributed by atoms with van der Waals surface area (Å²) in [6.45, 7) is 3.06. The number of fused-ring (bicyclic) bond motifs is 1. The predicted octanol–water partition coefficient (Wildman–Crippen LogP) is 2.92. The molecule has 2 aromatic heterocycles. The van der Waals surface area contributed by atoms with E-state index in [1.165, 1.54) is 10.5 Å². The minimum atomic E-state index is -0.484. The van der Waals surface area contributed by atoms with Crippen molar-refractivity contribution in [3.8, 4) is 5.75 Å². The molecule has 4 rings (SSSR count). The molecule has 1 atom stereocenters. The van der Waals surface area contributed by atoms with Crippen molar-refractivity contribution in [1.29, 1.82) is 0 Å². The molecule has 0 amide bonds. The summed E-state index contributed by atoms with van der Waals surface area (Å²) in [6.07, 6.45) is 2.22. The normalized spacial score (nSPS) is 16.1. The fraction of sp³-hybridized carbons (Fsp3) is 0.318. The minimum Gasteiger partial charge on any atom is -0.491 e. The van der Waals surface area contributed by atoms with Gasteiger partial charge >= 0.3 is 5.97 Å². The summed E-state index contributed by atoms with van der Waals surface area (Å²) >= 11 is 0. The third kappa shape index (κ3) is 4.46. The smallest absolute Gasteiger partial charge is 0.338 e. The third-order valence-electron chi connectivity index (χ3n) is 4.83. The molecule has 0 bridgehead atoms. The van der Waals surface area contributed by atoms with Crippen LogP contribution in [0, 0.1) is 6.92 Å². The Labute approximate surface area is 167 Å². The number of hydrogen-bond donors (Lipinski definition) is 0. The van der Waals surface area contributed by atoms with E-state index in [2.05, 4.69) is 4.98 Å². The van der Waals surface area contributed by atoms with E-state index in [1.54, 1.807) is 30.3 Å². The molecule has 7 heteroatoms. The van der Waals surface area contributed by atoms with Gasteiger partial charge in [-0.3, -0.25) is 9.20 Å². The van der Waals surface area contributed by atoms with Gasteiger partial charge in [-0.05, 0) is 56.2 Å². The number of esters is 1. The molecule has 1 aliphatic rings. The van der Waals surface area contributed by atoms with Crippen molar-refractivity contribution in [2.45, 2.75) is 32.5 Å². The van der Waals surface area contributed by atoms with Gasteiger partial charge in [0, 0.05) is 18.4 Å². The van der Waals surface area contributed by atoms with Crippen LogP contribution in [-0.4, -0.2) is 34.7 Å². The van der Waals surface area contributed by atoms with Crippen LogP contribution >= 0.6 is 0 Å². The zero-order chi connectivity index (χ0) is 20.2. The largest absolute Gasteiger partial charge is 0.491 e. The van der Waals surface area contributed by atoms with Gasteiger partial charge in [0.1, 0.15) is 24.6 Å². The first-order chi connectivity index (χ1) is 14.1. The Balaban J connectivity index is 1.37. The maximum atomic E-state index is 12.3. The van der Waals surface area contributed by atoms with E-state index in [-0.39, 0.29) is 18.3 Å². The first-order valence-corrected chi connectivity index (χ1v) is 9.60. The first kappa shape index (κ1) is 19.1. The Morgan fingerprint density at radius 1 is 1.24 bits per heavy atom. The van der Waals surface area contributed by atoms with Crippen molar-refractivity contribution >= 4 is 11.6 Å². The number of nitrogens with zero attached hydrogens (tertiary/aromatic N) is 2. The molecule has 1 saturated heterocycles. The van der Waals surface area contributed by atoms with Gasteiger partial charge in [-0.25, -0.2) is 9.78 Å². The molecule has 0 spiro atoms. The van der Waals surface area contributed by atoms with E-state index in [0.29, 0.717) is 29.3 Å². The highest BCUT2D eigenvalue weighted by Gasteiger charge is 2.16. The number of ether oxygens (including phenoxy) is 3. The van der Waals surface area contributed by atoms with Gasteiger partial charge in [-0.15, -0.1) is 0 Å². The zero-order valence-electron chi connectivity index (χ0n) is 16.2. The summed E-state index contributed by atoms with van der Waals surface area (Å²) in [5.41, 5.74) is 1.93. The second kappa shape index (κ2) is 8.45. The van der Waals surface area contributed by atoms with Crippen molar-refractivity contribution < 1.29 is 19.0 Å². The molecule has 3 heterocycles. The maximum Gasteiger partial charge on any atom is 0.338 e. The number of rotatable bonds is 6. The number of carbonyl (C=O) groups is 1. The van der Waals surface area contributed by atoms with Crippen LogP contribution in [-0.2, 0) is 16.1 Å². The van der Waals surface area contributed by atoms with E-state index >= 15 is 0 Å². The molecule has 7 nitrogen and oxygen atoms in total. The SMILES string of the molecule is Cc1cccc2nc(COC(=O)c3ccc(OC[C@@H]4CCCO4)cc3)cc(=O)n12. The molecule has 29 heavy (non-hydrogen) atoms. The molecular formula is C22H22N2O5. The lowest BCUT2D eigenvalue weighted by atomic mass is 10.2. The van der Waals surface area contributed by atoms with Gasteiger partial charge in [0.15, 0.2) is 0 Å². The molecule has 1 aromatic carbocycles. The second-order valence-electron chi connectivity index (χ2n) is 6.99. The second-order valence-corrected chi connectivity index (χ2v) is 6.99. The standard InChI is InChI=1S/C22H22N2O5/c1-15-4-2-6-20-23-17(12-21(25)24(15)20)13-29-22(26)16-7-9-18(10-8-16)28-14-19-5-3-11-27-19/h2,4,6-10,12,19H,3,5,11,13-14H2,1H3/t19-/m0/s1. The molecule has 150 valence electrons. The molecule has 1 aliphatic heterocycles. The topological polar surface area (TPSA) is 79.1 Å². The van der Waals surface area contributed by atoms with Crippen LogP contribution < -0.4 is 10.3 Å². The van der Waals surface area contributed by atoms with Crippen LogP contribution in [0.2, 0.25) is 0 Å². The van der Waals surface area contributed by atoms with Gasteiger partial charge in [0.05, 0.1) is 17.4 Å². The van der Waals surface area contributed by atoms with E-state index < -0.39 is 5.97 Å². The molecule has 0 radical (unpaired) electrons. The molecule has 0 unspecified atom stereocenters. The fourth-order valence-electron chi connectivity index (χ4n) is 3.31. The molecular weight excluding hydrogens is 372 g/mol. The van der Waals surface area contributed by atoms with Gasteiger partial charge in [0.2, 0.25) is 0 Å². The Bertz CT molecular complexity index is 1070. The van der Waals surface area contributed by atoms with Crippen molar-refractivity contribution in [2.75, 3.05) is 13.2 Å². The number of benzene rings is 1. The van der Waals surface area contributed by atoms with Crippen molar-refractivity contribution in [3.05, 3.63) is 75.8 Å². The van der Waals surface area contributed by atoms with Crippen LogP contribution in [0.3, 0.4) is 0 Å². The molecule has 3 aromatic rings. The van der Waals surface area contributed by atoms with Crippen LogP contribution in [0.25, 0.3) is 5.65 Å². The van der Waals surface area contributed by atoms with Crippen LogP contribution in [0.5, 0.6) is 5.75 Å². The van der Waals surface area contributed by atoms with Crippen LogP contribution in [0.1, 0.15) is 34.6 Å². The van der Waals surface area contributed by atoms with Gasteiger partial charge in [-0.2, -0.15) is 0 Å². The third-order valence-corrected chi connectivity index (χ3v) is 4.83. The average molecular weight is 394 g/mol. The van der Waals surface area contributed by atoms with Crippen LogP contribution in [0.15, 0.2) is 53.3 Å². The summed E-state index contributed by atoms with van der Waals surface area (Å²) in [7, 11) is 0. The quantitative estimate of drug-likeness (QED) is 0.598. The lowest BCUT2D eigenvalue weighted by molar-refractivity contribution is 0.0467. The highest BCUT2D eigenvalue weighted by molar-refractivity contribution is 5.89. The van der Waals surface area contributed by atoms with Gasteiger partial charge in [0.25, 0.3) is 5.56 Å². The van der Waals surface area contributed by atoms with E-state index in [0.717, 1.165) is 25.1 Å². The minimum absolute atomic E-state index is 0.0736. The number of carbonyl (C=O) groups excluding carboxylic acids is 1. The fourth-order valence-corrected chi connectivity index (χ4v) is 3.31. The molecule has 0 N–H and O–H groups in total. The molecule has 0 aliphatic carbocycles. The zero-order valence-corrected chi connectivity index (χ0v) is 16.2. The summed E-state index contributed by atoms with van der Waals surface area (Å²) < 4.78 is 18.1. The summed E-state index contributed by atoms with van der Waals surface area (Å²) in [6, 6.07) is 13.6. The number of aromatic nitrogens is 2. The van der Waals surface area contributed by atoms with E-state index in [9.17, 15) is 9.59 Å². The van der Waals surface area contributed by atoms with Crippen LogP contribution in [0.4, 0.5) is 0 Å². The molecule has 1 fully saturated rings. The monoisotopic (exact) mass is 394 g/mol. The van der Waals surface area contributed by atoms with Gasteiger partial charge < -0.3 is 14.2 Å². The highest BCUT2D eigenvalue weighted by atomic mass is 16.5. The van der Waals surface area contributed by atoms with Gasteiger partial charge in [-0.1, -0.05) is 6.07 Å². The highest BCUT2D eigenvalue weighted by Crippen LogP contribution is 2.17. The Hall–Kier alpha value is -3.19.